The van der Waals surface area contributed by atoms with Gasteiger partial charge in [0.05, 0.1) is 12.3 Å². The number of benzene rings is 1. The summed E-state index contributed by atoms with van der Waals surface area (Å²) in [6.07, 6.45) is 1.73. The van der Waals surface area contributed by atoms with Crippen molar-refractivity contribution in [2.24, 2.45) is 5.41 Å². The second-order valence-corrected chi connectivity index (χ2v) is 6.91. The number of ether oxygens (including phenoxy) is 1. The Kier molecular flexibility index (Phi) is 4.98. The molecule has 1 fully saturated rings. The lowest BCUT2D eigenvalue weighted by Crippen LogP contribution is -2.31. The minimum atomic E-state index is 0.0188. The van der Waals surface area contributed by atoms with E-state index in [1.165, 1.54) is 0 Å². The van der Waals surface area contributed by atoms with Crippen LogP contribution in [-0.2, 0) is 4.74 Å². The van der Waals surface area contributed by atoms with Gasteiger partial charge >= 0.3 is 0 Å². The predicted octanol–water partition coefficient (Wildman–Crippen LogP) is 3.66. The summed E-state index contributed by atoms with van der Waals surface area (Å²) < 4.78 is 5.51. The fourth-order valence-corrected chi connectivity index (χ4v) is 3.66. The molecular weight excluding hydrogens is 320 g/mol. The second kappa shape index (κ2) is 6.96. The van der Waals surface area contributed by atoms with E-state index in [-0.39, 0.29) is 12.0 Å². The molecule has 3 rings (SSSR count). The van der Waals surface area contributed by atoms with Crippen molar-refractivity contribution >= 4 is 28.1 Å². The molecule has 1 aliphatic heterocycles. The first kappa shape index (κ1) is 15.7. The van der Waals surface area contributed by atoms with Crippen molar-refractivity contribution in [3.05, 3.63) is 34.7 Å². The lowest BCUT2D eigenvalue weighted by atomic mass is 9.84. The molecule has 2 aromatic rings. The van der Waals surface area contributed by atoms with Gasteiger partial charge in [0.1, 0.15) is 0 Å². The molecule has 4 nitrogen and oxygen atoms in total. The monoisotopic (exact) mass is 338 g/mol. The highest BCUT2D eigenvalue weighted by Crippen LogP contribution is 2.34. The first-order valence-electron chi connectivity index (χ1n) is 7.35. The quantitative estimate of drug-likeness (QED) is 0.844. The van der Waals surface area contributed by atoms with Crippen LogP contribution in [0.3, 0.4) is 0 Å². The molecule has 118 valence electrons. The molecule has 0 bridgehead atoms. The molecule has 1 aliphatic rings. The molecule has 0 saturated carbocycles. The average Bonchev–Trinajstić information content (AvgIpc) is 3.16. The Bertz CT molecular complexity index is 626. The lowest BCUT2D eigenvalue weighted by Gasteiger charge is -2.26. The summed E-state index contributed by atoms with van der Waals surface area (Å²) in [4.78, 5) is 4.61. The van der Waals surface area contributed by atoms with E-state index in [1.807, 2.05) is 29.6 Å². The maximum absolute atomic E-state index is 9.26. The maximum Gasteiger partial charge on any atom is 0.183 e. The number of halogens is 1. The smallest absolute Gasteiger partial charge is 0.183 e. The third-order valence-electron chi connectivity index (χ3n) is 4.10. The normalized spacial score (nSPS) is 21.2. The van der Waals surface area contributed by atoms with Gasteiger partial charge < -0.3 is 15.2 Å². The molecule has 1 aromatic carbocycles. The van der Waals surface area contributed by atoms with Crippen LogP contribution >= 0.6 is 22.9 Å². The molecule has 22 heavy (non-hydrogen) atoms. The maximum atomic E-state index is 9.26. The molecule has 0 spiro atoms. The number of aliphatic hydroxyl groups excluding tert-OH is 1. The van der Waals surface area contributed by atoms with Gasteiger partial charge in [-0.05, 0) is 18.9 Å². The summed E-state index contributed by atoms with van der Waals surface area (Å²) >= 11 is 7.78. The third-order valence-corrected chi connectivity index (χ3v) is 5.23. The van der Waals surface area contributed by atoms with Crippen molar-refractivity contribution in [2.45, 2.75) is 12.8 Å². The second-order valence-electron chi connectivity index (χ2n) is 5.65. The van der Waals surface area contributed by atoms with Gasteiger partial charge in [-0.15, -0.1) is 11.3 Å². The summed E-state index contributed by atoms with van der Waals surface area (Å²) in [5.74, 6) is 0. The fourth-order valence-electron chi connectivity index (χ4n) is 2.72. The highest BCUT2D eigenvalue weighted by atomic mass is 35.5. The number of thiazole rings is 1. The minimum absolute atomic E-state index is 0.0188. The molecule has 0 aliphatic carbocycles. The van der Waals surface area contributed by atoms with Gasteiger partial charge in [0, 0.05) is 41.1 Å². The van der Waals surface area contributed by atoms with E-state index in [1.54, 1.807) is 11.3 Å². The van der Waals surface area contributed by atoms with E-state index in [2.05, 4.69) is 10.3 Å². The van der Waals surface area contributed by atoms with Gasteiger partial charge in [-0.3, -0.25) is 0 Å². The molecule has 1 unspecified atom stereocenters. The summed E-state index contributed by atoms with van der Waals surface area (Å²) in [6.45, 7) is 2.42. The van der Waals surface area contributed by atoms with Crippen LogP contribution in [0.2, 0.25) is 5.02 Å². The van der Waals surface area contributed by atoms with E-state index < -0.39 is 0 Å². The first-order valence-corrected chi connectivity index (χ1v) is 8.61. The highest BCUT2D eigenvalue weighted by Gasteiger charge is 2.34. The highest BCUT2D eigenvalue weighted by molar-refractivity contribution is 7.14. The fraction of sp³-hybridized carbons (Fsp3) is 0.438. The number of nitrogens with zero attached hydrogens (tertiary/aromatic N) is 1. The van der Waals surface area contributed by atoms with Gasteiger partial charge in [0.25, 0.3) is 0 Å². The van der Waals surface area contributed by atoms with Crippen LogP contribution in [0.5, 0.6) is 0 Å². The first-order chi connectivity index (χ1) is 10.7. The van der Waals surface area contributed by atoms with Crippen molar-refractivity contribution in [1.29, 1.82) is 0 Å². The zero-order valence-corrected chi connectivity index (χ0v) is 13.8. The van der Waals surface area contributed by atoms with E-state index in [0.717, 1.165) is 42.4 Å². The summed E-state index contributed by atoms with van der Waals surface area (Å²) in [7, 11) is 0. The van der Waals surface area contributed by atoms with E-state index in [0.29, 0.717) is 11.6 Å². The van der Waals surface area contributed by atoms with Gasteiger partial charge in [-0.25, -0.2) is 4.98 Å². The Labute approximate surface area is 139 Å². The SMILES string of the molecule is OCCC1(CNc2nc(-c3ccccc3Cl)cs2)CCOC1. The number of rotatable bonds is 6. The number of hydrogen-bond donors (Lipinski definition) is 2. The Morgan fingerprint density at radius 1 is 1.41 bits per heavy atom. The van der Waals surface area contributed by atoms with Gasteiger partial charge in [0.15, 0.2) is 5.13 Å². The Balaban J connectivity index is 1.68. The standard InChI is InChI=1S/C16H19ClN2O2S/c17-13-4-2-1-3-12(13)14-9-22-15(19-14)18-10-16(5-7-20)6-8-21-11-16/h1-4,9,20H,5-8,10-11H2,(H,18,19). The Morgan fingerprint density at radius 2 is 2.27 bits per heavy atom. The van der Waals surface area contributed by atoms with E-state index in [4.69, 9.17) is 16.3 Å². The van der Waals surface area contributed by atoms with Crippen LogP contribution < -0.4 is 5.32 Å². The summed E-state index contributed by atoms with van der Waals surface area (Å²) in [5, 5.41) is 16.2. The van der Waals surface area contributed by atoms with Crippen LogP contribution in [0.4, 0.5) is 5.13 Å². The number of aromatic nitrogens is 1. The van der Waals surface area contributed by atoms with Crippen molar-refractivity contribution in [2.75, 3.05) is 31.7 Å². The van der Waals surface area contributed by atoms with Gasteiger partial charge in [0.2, 0.25) is 0 Å². The van der Waals surface area contributed by atoms with Crippen LogP contribution in [0.25, 0.3) is 11.3 Å². The molecule has 0 amide bonds. The van der Waals surface area contributed by atoms with Crippen LogP contribution in [-0.4, -0.2) is 36.5 Å². The molecule has 1 aromatic heterocycles. The van der Waals surface area contributed by atoms with Gasteiger partial charge in [-0.2, -0.15) is 0 Å². The zero-order valence-electron chi connectivity index (χ0n) is 12.2. The average molecular weight is 339 g/mol. The number of anilines is 1. The number of aliphatic hydroxyl groups is 1. The van der Waals surface area contributed by atoms with Crippen LogP contribution in [0, 0.1) is 5.41 Å². The minimum Gasteiger partial charge on any atom is -0.396 e. The molecule has 2 heterocycles. The van der Waals surface area contributed by atoms with E-state index >= 15 is 0 Å². The van der Waals surface area contributed by atoms with Crippen LogP contribution in [0.15, 0.2) is 29.6 Å². The Hall–Kier alpha value is -1.14. The summed E-state index contributed by atoms with van der Waals surface area (Å²) in [6, 6.07) is 7.71. The topological polar surface area (TPSA) is 54.4 Å². The lowest BCUT2D eigenvalue weighted by molar-refractivity contribution is 0.133. The zero-order chi connectivity index (χ0) is 15.4. The molecular formula is C16H19ClN2O2S. The van der Waals surface area contributed by atoms with Gasteiger partial charge in [-0.1, -0.05) is 29.8 Å². The van der Waals surface area contributed by atoms with E-state index in [9.17, 15) is 5.11 Å². The molecule has 1 saturated heterocycles. The van der Waals surface area contributed by atoms with Crippen molar-refractivity contribution < 1.29 is 9.84 Å². The number of nitrogens with one attached hydrogen (secondary N) is 1. The molecule has 0 radical (unpaired) electrons. The predicted molar refractivity (Wildman–Crippen MR) is 90.6 cm³/mol. The van der Waals surface area contributed by atoms with Crippen LogP contribution in [0.1, 0.15) is 12.8 Å². The third kappa shape index (κ3) is 3.43. The molecule has 2 N–H and O–H groups in total. The molecule has 6 heteroatoms. The van der Waals surface area contributed by atoms with Crippen molar-refractivity contribution in [3.8, 4) is 11.3 Å². The van der Waals surface area contributed by atoms with Crippen molar-refractivity contribution in [3.63, 3.8) is 0 Å². The summed E-state index contributed by atoms with van der Waals surface area (Å²) in [5.41, 5.74) is 1.85. The Morgan fingerprint density at radius 3 is 3.00 bits per heavy atom. The number of hydrogen-bond acceptors (Lipinski definition) is 5. The molecule has 1 atom stereocenters. The van der Waals surface area contributed by atoms with Crippen molar-refractivity contribution in [1.82, 2.24) is 4.98 Å². The largest absolute Gasteiger partial charge is 0.396 e.